The fraction of sp³-hybridized carbons (Fsp3) is 0.647. The first-order valence-corrected chi connectivity index (χ1v) is 8.02. The Morgan fingerprint density at radius 2 is 1.83 bits per heavy atom. The van der Waals surface area contributed by atoms with E-state index >= 15 is 0 Å². The van der Waals surface area contributed by atoms with Gasteiger partial charge >= 0.3 is 0 Å². The lowest BCUT2D eigenvalue weighted by atomic mass is 10.1. The summed E-state index contributed by atoms with van der Waals surface area (Å²) in [7, 11) is 1.43. The molecule has 0 bridgehead atoms. The van der Waals surface area contributed by atoms with Crippen molar-refractivity contribution in [2.24, 2.45) is 0 Å². The average molecular weight is 344 g/mol. The Bertz CT molecular complexity index is 578. The summed E-state index contributed by atoms with van der Waals surface area (Å²) in [6, 6.07) is 2.18. The van der Waals surface area contributed by atoms with Gasteiger partial charge in [0.15, 0.2) is 11.6 Å². The van der Waals surface area contributed by atoms with E-state index in [0.29, 0.717) is 31.1 Å². The SMILES string of the molecule is COc1cc(F)c(F)cc1N1CCN(C(O)OC(C)(C)C)C[C@@H]1C. The summed E-state index contributed by atoms with van der Waals surface area (Å²) in [6.07, 6.45) is -0.999. The molecule has 2 atom stereocenters. The summed E-state index contributed by atoms with van der Waals surface area (Å²) >= 11 is 0. The molecule has 1 aliphatic rings. The van der Waals surface area contributed by atoms with E-state index in [4.69, 9.17) is 9.47 Å². The van der Waals surface area contributed by atoms with E-state index in [1.54, 1.807) is 0 Å². The van der Waals surface area contributed by atoms with Crippen LogP contribution < -0.4 is 9.64 Å². The first-order valence-electron chi connectivity index (χ1n) is 8.02. The normalized spacial score (nSPS) is 21.0. The Kier molecular flexibility index (Phi) is 5.67. The highest BCUT2D eigenvalue weighted by atomic mass is 19.2. The fourth-order valence-electron chi connectivity index (χ4n) is 2.84. The number of methoxy groups -OCH3 is 1. The van der Waals surface area contributed by atoms with Gasteiger partial charge in [-0.3, -0.25) is 4.90 Å². The smallest absolute Gasteiger partial charge is 0.216 e. The minimum atomic E-state index is -0.999. The average Bonchev–Trinajstić information content (AvgIpc) is 2.48. The van der Waals surface area contributed by atoms with E-state index in [9.17, 15) is 13.9 Å². The highest BCUT2D eigenvalue weighted by molar-refractivity contribution is 5.60. The van der Waals surface area contributed by atoms with Gasteiger partial charge in [-0.15, -0.1) is 0 Å². The number of aliphatic hydroxyl groups excluding tert-OH is 1. The van der Waals surface area contributed by atoms with Gasteiger partial charge < -0.3 is 19.5 Å². The number of rotatable bonds is 4. The first-order chi connectivity index (χ1) is 11.1. The largest absolute Gasteiger partial charge is 0.494 e. The standard InChI is InChI=1S/C17H26F2N2O3/c1-11-10-20(16(22)24-17(2,3)4)6-7-21(11)14-8-12(18)13(19)9-15(14)23-5/h8-9,11,16,22H,6-7,10H2,1-5H3/t11-,16?/m0/s1. The number of ether oxygens (including phenoxy) is 2. The van der Waals surface area contributed by atoms with Gasteiger partial charge in [0.25, 0.3) is 0 Å². The number of halogens is 2. The van der Waals surface area contributed by atoms with Crippen molar-refractivity contribution in [3.8, 4) is 5.75 Å². The molecule has 24 heavy (non-hydrogen) atoms. The number of nitrogens with zero attached hydrogens (tertiary/aromatic N) is 2. The molecule has 1 aromatic rings. The van der Waals surface area contributed by atoms with Crippen LogP contribution in [0.1, 0.15) is 27.7 Å². The number of aliphatic hydroxyl groups is 1. The van der Waals surface area contributed by atoms with Crippen molar-refractivity contribution >= 4 is 5.69 Å². The summed E-state index contributed by atoms with van der Waals surface area (Å²) in [6.45, 7) is 9.18. The third kappa shape index (κ3) is 4.34. The summed E-state index contributed by atoms with van der Waals surface area (Å²) in [4.78, 5) is 3.76. The topological polar surface area (TPSA) is 45.2 Å². The van der Waals surface area contributed by atoms with E-state index in [1.807, 2.05) is 37.5 Å². The van der Waals surface area contributed by atoms with E-state index in [0.717, 1.165) is 12.1 Å². The monoisotopic (exact) mass is 344 g/mol. The molecule has 0 amide bonds. The molecule has 0 aliphatic carbocycles. The van der Waals surface area contributed by atoms with Gasteiger partial charge in [-0.25, -0.2) is 8.78 Å². The quantitative estimate of drug-likeness (QED) is 0.851. The number of benzene rings is 1. The van der Waals surface area contributed by atoms with Crippen LogP contribution in [0, 0.1) is 11.6 Å². The van der Waals surface area contributed by atoms with Crippen LogP contribution in [0.5, 0.6) is 5.75 Å². The number of hydrogen-bond acceptors (Lipinski definition) is 5. The first kappa shape index (κ1) is 18.9. The number of piperazine rings is 1. The fourth-order valence-corrected chi connectivity index (χ4v) is 2.84. The van der Waals surface area contributed by atoms with Crippen LogP contribution in [-0.4, -0.2) is 54.8 Å². The Labute approximate surface area is 141 Å². The number of anilines is 1. The molecule has 2 rings (SSSR count). The van der Waals surface area contributed by atoms with Gasteiger partial charge in [0.05, 0.1) is 18.4 Å². The maximum atomic E-state index is 13.6. The Hall–Kier alpha value is -1.44. The molecule has 7 heteroatoms. The van der Waals surface area contributed by atoms with Crippen LogP contribution in [0.2, 0.25) is 0 Å². The van der Waals surface area contributed by atoms with Gasteiger partial charge in [0, 0.05) is 37.8 Å². The molecule has 1 saturated heterocycles. The van der Waals surface area contributed by atoms with E-state index in [-0.39, 0.29) is 6.04 Å². The Morgan fingerprint density at radius 1 is 1.21 bits per heavy atom. The predicted molar refractivity (Wildman–Crippen MR) is 88.1 cm³/mol. The third-order valence-corrected chi connectivity index (χ3v) is 3.96. The zero-order chi connectivity index (χ0) is 18.1. The number of hydrogen-bond donors (Lipinski definition) is 1. The van der Waals surface area contributed by atoms with Crippen molar-refractivity contribution in [2.75, 3.05) is 31.6 Å². The molecule has 0 saturated carbocycles. The second-order valence-electron chi connectivity index (χ2n) is 7.03. The molecule has 0 aromatic heterocycles. The molecule has 5 nitrogen and oxygen atoms in total. The lowest BCUT2D eigenvalue weighted by Gasteiger charge is -2.43. The highest BCUT2D eigenvalue weighted by Crippen LogP contribution is 2.33. The molecular weight excluding hydrogens is 318 g/mol. The van der Waals surface area contributed by atoms with Crippen LogP contribution in [-0.2, 0) is 4.74 Å². The maximum Gasteiger partial charge on any atom is 0.216 e. The lowest BCUT2D eigenvalue weighted by molar-refractivity contribution is -0.241. The molecule has 1 fully saturated rings. The van der Waals surface area contributed by atoms with Crippen molar-refractivity contribution in [1.82, 2.24) is 4.90 Å². The Balaban J connectivity index is 2.13. The maximum absolute atomic E-state index is 13.6. The summed E-state index contributed by atoms with van der Waals surface area (Å²) in [5.74, 6) is -1.55. The molecule has 1 heterocycles. The van der Waals surface area contributed by atoms with Crippen molar-refractivity contribution in [3.63, 3.8) is 0 Å². The second-order valence-corrected chi connectivity index (χ2v) is 7.03. The van der Waals surface area contributed by atoms with E-state index in [2.05, 4.69) is 0 Å². The van der Waals surface area contributed by atoms with Crippen LogP contribution in [0.25, 0.3) is 0 Å². The minimum absolute atomic E-state index is 0.0317. The Morgan fingerprint density at radius 3 is 2.38 bits per heavy atom. The highest BCUT2D eigenvalue weighted by Gasteiger charge is 2.31. The summed E-state index contributed by atoms with van der Waals surface area (Å²) < 4.78 is 37.8. The molecule has 1 aromatic carbocycles. The van der Waals surface area contributed by atoms with Gasteiger partial charge in [-0.05, 0) is 27.7 Å². The molecule has 0 radical (unpaired) electrons. The van der Waals surface area contributed by atoms with Crippen LogP contribution in [0.3, 0.4) is 0 Å². The van der Waals surface area contributed by atoms with Gasteiger partial charge in [0.1, 0.15) is 5.75 Å². The second kappa shape index (κ2) is 7.21. The van der Waals surface area contributed by atoms with Gasteiger partial charge in [-0.2, -0.15) is 0 Å². The van der Waals surface area contributed by atoms with Gasteiger partial charge in [-0.1, -0.05) is 0 Å². The minimum Gasteiger partial charge on any atom is -0.494 e. The molecule has 1 aliphatic heterocycles. The zero-order valence-electron chi connectivity index (χ0n) is 14.8. The third-order valence-electron chi connectivity index (χ3n) is 3.96. The van der Waals surface area contributed by atoms with Crippen LogP contribution in [0.15, 0.2) is 12.1 Å². The molecule has 1 unspecified atom stereocenters. The summed E-state index contributed by atoms with van der Waals surface area (Å²) in [5.41, 5.74) is 0.0538. The van der Waals surface area contributed by atoms with Crippen LogP contribution >= 0.6 is 0 Å². The molecule has 136 valence electrons. The predicted octanol–water partition coefficient (Wildman–Crippen LogP) is 2.57. The van der Waals surface area contributed by atoms with Gasteiger partial charge in [0.2, 0.25) is 6.41 Å². The van der Waals surface area contributed by atoms with Crippen molar-refractivity contribution in [1.29, 1.82) is 0 Å². The molecular formula is C17H26F2N2O3. The van der Waals surface area contributed by atoms with E-state index < -0.39 is 23.6 Å². The zero-order valence-corrected chi connectivity index (χ0v) is 14.8. The van der Waals surface area contributed by atoms with Crippen molar-refractivity contribution in [2.45, 2.75) is 45.8 Å². The molecule has 1 N–H and O–H groups in total. The summed E-state index contributed by atoms with van der Waals surface area (Å²) in [5, 5.41) is 10.2. The van der Waals surface area contributed by atoms with Crippen molar-refractivity contribution in [3.05, 3.63) is 23.8 Å². The van der Waals surface area contributed by atoms with Crippen LogP contribution in [0.4, 0.5) is 14.5 Å². The van der Waals surface area contributed by atoms with E-state index in [1.165, 1.54) is 7.11 Å². The molecule has 0 spiro atoms. The van der Waals surface area contributed by atoms with Crippen molar-refractivity contribution < 1.29 is 23.4 Å². The lowest BCUT2D eigenvalue weighted by Crippen LogP contribution is -2.56.